The van der Waals surface area contributed by atoms with Crippen molar-refractivity contribution in [3.63, 3.8) is 0 Å². The lowest BCUT2D eigenvalue weighted by molar-refractivity contribution is -0.130. The van der Waals surface area contributed by atoms with Gasteiger partial charge in [0.2, 0.25) is 5.91 Å². The maximum Gasteiger partial charge on any atom is 0.222 e. The Kier molecular flexibility index (Phi) is 11.5. The molecule has 17 heavy (non-hydrogen) atoms. The number of amides is 1. The van der Waals surface area contributed by atoms with Crippen LogP contribution in [0.15, 0.2) is 0 Å². The second kappa shape index (κ2) is 11.9. The smallest absolute Gasteiger partial charge is 0.222 e. The minimum atomic E-state index is 0.291. The van der Waals surface area contributed by atoms with Gasteiger partial charge in [-0.1, -0.05) is 40.0 Å². The van der Waals surface area contributed by atoms with E-state index in [0.29, 0.717) is 12.3 Å². The van der Waals surface area contributed by atoms with Gasteiger partial charge in [-0.3, -0.25) is 4.79 Å². The van der Waals surface area contributed by atoms with Crippen LogP contribution in [0.4, 0.5) is 0 Å². The van der Waals surface area contributed by atoms with Crippen LogP contribution in [0, 0.1) is 0 Å². The van der Waals surface area contributed by atoms with Gasteiger partial charge in [-0.05, 0) is 19.4 Å². The zero-order valence-corrected chi connectivity index (χ0v) is 11.9. The summed E-state index contributed by atoms with van der Waals surface area (Å²) in [6.07, 6.45) is 6.70. The molecule has 0 heterocycles. The van der Waals surface area contributed by atoms with Crippen LogP contribution in [0.2, 0.25) is 0 Å². The predicted molar refractivity (Wildman–Crippen MR) is 74.2 cm³/mol. The summed E-state index contributed by atoms with van der Waals surface area (Å²) in [6.45, 7) is 10.1. The molecule has 0 rings (SSSR count). The molecule has 0 aromatic rings. The molecule has 1 N–H and O–H groups in total. The summed E-state index contributed by atoms with van der Waals surface area (Å²) in [4.78, 5) is 13.7. The quantitative estimate of drug-likeness (QED) is 0.565. The summed E-state index contributed by atoms with van der Waals surface area (Å²) in [5.41, 5.74) is 0. The van der Waals surface area contributed by atoms with Crippen molar-refractivity contribution in [3.05, 3.63) is 0 Å². The van der Waals surface area contributed by atoms with E-state index in [9.17, 15) is 4.79 Å². The Hall–Kier alpha value is -0.570. The second-order valence-corrected chi connectivity index (χ2v) is 4.55. The normalized spacial score (nSPS) is 10.5. The standard InChI is InChI=1S/C14H30N2O/c1-4-7-8-9-12-16(14(17)6-3)13-11-15-10-5-2/h15H,4-13H2,1-3H3. The van der Waals surface area contributed by atoms with E-state index in [2.05, 4.69) is 19.2 Å². The first kappa shape index (κ1) is 16.4. The molecule has 3 nitrogen and oxygen atoms in total. The van der Waals surface area contributed by atoms with Crippen molar-refractivity contribution in [1.29, 1.82) is 0 Å². The van der Waals surface area contributed by atoms with Gasteiger partial charge in [0, 0.05) is 26.1 Å². The van der Waals surface area contributed by atoms with Crippen LogP contribution >= 0.6 is 0 Å². The third kappa shape index (κ3) is 9.16. The lowest BCUT2D eigenvalue weighted by atomic mass is 10.2. The van der Waals surface area contributed by atoms with Crippen LogP contribution in [0.25, 0.3) is 0 Å². The number of rotatable bonds is 11. The molecule has 102 valence electrons. The summed E-state index contributed by atoms with van der Waals surface area (Å²) in [5.74, 6) is 0.291. The third-order valence-corrected chi connectivity index (χ3v) is 2.92. The van der Waals surface area contributed by atoms with E-state index >= 15 is 0 Å². The molecule has 0 bridgehead atoms. The molecule has 3 heteroatoms. The van der Waals surface area contributed by atoms with Crippen LogP contribution in [-0.4, -0.2) is 37.0 Å². The first-order valence-corrected chi connectivity index (χ1v) is 7.24. The first-order chi connectivity index (χ1) is 8.26. The van der Waals surface area contributed by atoms with Gasteiger partial charge >= 0.3 is 0 Å². The van der Waals surface area contributed by atoms with Crippen LogP contribution in [0.3, 0.4) is 0 Å². The summed E-state index contributed by atoms with van der Waals surface area (Å²) < 4.78 is 0. The zero-order valence-electron chi connectivity index (χ0n) is 11.9. The highest BCUT2D eigenvalue weighted by atomic mass is 16.2. The maximum atomic E-state index is 11.7. The van der Waals surface area contributed by atoms with Crippen molar-refractivity contribution in [2.45, 2.75) is 59.3 Å². The van der Waals surface area contributed by atoms with Gasteiger partial charge in [0.25, 0.3) is 0 Å². The highest BCUT2D eigenvalue weighted by Crippen LogP contribution is 2.02. The molecule has 0 aromatic heterocycles. The Labute approximate surface area is 107 Å². The second-order valence-electron chi connectivity index (χ2n) is 4.55. The fourth-order valence-electron chi connectivity index (χ4n) is 1.83. The van der Waals surface area contributed by atoms with E-state index in [0.717, 1.165) is 39.0 Å². The van der Waals surface area contributed by atoms with E-state index in [4.69, 9.17) is 0 Å². The molecule has 0 aliphatic rings. The van der Waals surface area contributed by atoms with Gasteiger partial charge in [-0.15, -0.1) is 0 Å². The molecule has 1 amide bonds. The number of carbonyl (C=O) groups excluding carboxylic acids is 1. The van der Waals surface area contributed by atoms with E-state index < -0.39 is 0 Å². The summed E-state index contributed by atoms with van der Waals surface area (Å²) in [7, 11) is 0. The Morgan fingerprint density at radius 2 is 1.71 bits per heavy atom. The molecule has 0 fully saturated rings. The largest absolute Gasteiger partial charge is 0.341 e. The van der Waals surface area contributed by atoms with Gasteiger partial charge in [0.15, 0.2) is 0 Å². The monoisotopic (exact) mass is 242 g/mol. The topological polar surface area (TPSA) is 32.3 Å². The summed E-state index contributed by atoms with van der Waals surface area (Å²) in [5, 5.41) is 3.35. The third-order valence-electron chi connectivity index (χ3n) is 2.92. The Morgan fingerprint density at radius 1 is 0.941 bits per heavy atom. The average molecular weight is 242 g/mol. The predicted octanol–water partition coefficient (Wildman–Crippen LogP) is 2.80. The first-order valence-electron chi connectivity index (χ1n) is 7.24. The minimum Gasteiger partial charge on any atom is -0.341 e. The van der Waals surface area contributed by atoms with Crippen molar-refractivity contribution in [3.8, 4) is 0 Å². The molecule has 0 aliphatic heterocycles. The van der Waals surface area contributed by atoms with Crippen molar-refractivity contribution in [1.82, 2.24) is 10.2 Å². The fourth-order valence-corrected chi connectivity index (χ4v) is 1.83. The van der Waals surface area contributed by atoms with E-state index in [1.54, 1.807) is 0 Å². The van der Waals surface area contributed by atoms with E-state index in [-0.39, 0.29) is 0 Å². The number of hydrogen-bond donors (Lipinski definition) is 1. The lowest BCUT2D eigenvalue weighted by Crippen LogP contribution is -2.37. The Balaban J connectivity index is 3.76. The molecule has 0 unspecified atom stereocenters. The molecule has 0 saturated carbocycles. The average Bonchev–Trinajstić information content (AvgIpc) is 2.36. The van der Waals surface area contributed by atoms with Gasteiger partial charge in [0.1, 0.15) is 0 Å². The Bertz CT molecular complexity index is 171. The maximum absolute atomic E-state index is 11.7. The number of unbranched alkanes of at least 4 members (excludes halogenated alkanes) is 3. The van der Waals surface area contributed by atoms with Gasteiger partial charge in [0.05, 0.1) is 0 Å². The van der Waals surface area contributed by atoms with Crippen molar-refractivity contribution in [2.75, 3.05) is 26.2 Å². The highest BCUT2D eigenvalue weighted by Gasteiger charge is 2.09. The molecule has 0 aliphatic carbocycles. The summed E-state index contributed by atoms with van der Waals surface area (Å²) >= 11 is 0. The molecular formula is C14H30N2O. The SMILES string of the molecule is CCCCCCN(CCNCCC)C(=O)CC. The van der Waals surface area contributed by atoms with Gasteiger partial charge in [-0.2, -0.15) is 0 Å². The molecule has 0 saturated heterocycles. The summed E-state index contributed by atoms with van der Waals surface area (Å²) in [6, 6.07) is 0. The number of nitrogens with one attached hydrogen (secondary N) is 1. The highest BCUT2D eigenvalue weighted by molar-refractivity contribution is 5.75. The lowest BCUT2D eigenvalue weighted by Gasteiger charge is -2.22. The minimum absolute atomic E-state index is 0.291. The van der Waals surface area contributed by atoms with E-state index in [1.807, 2.05) is 11.8 Å². The van der Waals surface area contributed by atoms with Crippen LogP contribution < -0.4 is 5.32 Å². The van der Waals surface area contributed by atoms with Gasteiger partial charge < -0.3 is 10.2 Å². The molecule has 0 aromatic carbocycles. The van der Waals surface area contributed by atoms with Crippen molar-refractivity contribution >= 4 is 5.91 Å². The molecular weight excluding hydrogens is 212 g/mol. The van der Waals surface area contributed by atoms with Crippen LogP contribution in [0.5, 0.6) is 0 Å². The van der Waals surface area contributed by atoms with Crippen LogP contribution in [0.1, 0.15) is 59.3 Å². The number of hydrogen-bond acceptors (Lipinski definition) is 2. The van der Waals surface area contributed by atoms with Crippen LogP contribution in [-0.2, 0) is 4.79 Å². The molecule has 0 radical (unpaired) electrons. The number of carbonyl (C=O) groups is 1. The van der Waals surface area contributed by atoms with Gasteiger partial charge in [-0.25, -0.2) is 0 Å². The van der Waals surface area contributed by atoms with Crippen molar-refractivity contribution in [2.24, 2.45) is 0 Å². The zero-order chi connectivity index (χ0) is 12.9. The fraction of sp³-hybridized carbons (Fsp3) is 0.929. The molecule has 0 atom stereocenters. The Morgan fingerprint density at radius 3 is 2.29 bits per heavy atom. The molecule has 0 spiro atoms. The van der Waals surface area contributed by atoms with E-state index in [1.165, 1.54) is 19.3 Å². The number of nitrogens with zero attached hydrogens (tertiary/aromatic N) is 1. The van der Waals surface area contributed by atoms with Crippen molar-refractivity contribution < 1.29 is 4.79 Å².